The second-order valence-corrected chi connectivity index (χ2v) is 8.89. The van der Waals surface area contributed by atoms with Crippen LogP contribution in [0.1, 0.15) is 34.1 Å². The van der Waals surface area contributed by atoms with Gasteiger partial charge in [0, 0.05) is 31.4 Å². The molecule has 176 valence electrons. The molecule has 2 aromatic rings. The first-order valence-electron chi connectivity index (χ1n) is 11.4. The fraction of sp³-hybridized carbons (Fsp3) is 0.423. The van der Waals surface area contributed by atoms with Crippen LogP contribution >= 0.6 is 0 Å². The number of aliphatic hydroxyl groups excluding tert-OH is 1. The number of nitrogens with zero attached hydrogens (tertiary/aromatic N) is 4. The lowest BCUT2D eigenvalue weighted by atomic mass is 10.0. The molecule has 0 saturated carbocycles. The summed E-state index contributed by atoms with van der Waals surface area (Å²) in [5, 5.41) is 22.0. The Labute approximate surface area is 195 Å². The number of benzene rings is 1. The molecular formula is C26H34N4O3. The van der Waals surface area contributed by atoms with E-state index in [0.29, 0.717) is 60.4 Å². The normalized spacial score (nSPS) is 16.4. The number of anilines is 1. The van der Waals surface area contributed by atoms with Crippen molar-refractivity contribution < 1.29 is 15.0 Å². The summed E-state index contributed by atoms with van der Waals surface area (Å²) in [7, 11) is 0. The highest BCUT2D eigenvalue weighted by atomic mass is 16.3. The van der Waals surface area contributed by atoms with Crippen LogP contribution in [-0.4, -0.2) is 63.3 Å². The minimum atomic E-state index is -0.961. The third-order valence-electron chi connectivity index (χ3n) is 5.85. The van der Waals surface area contributed by atoms with Crippen LogP contribution in [0.5, 0.6) is 5.75 Å². The van der Waals surface area contributed by atoms with Crippen molar-refractivity contribution in [2.75, 3.05) is 31.1 Å². The number of hydrogen-bond donors (Lipinski definition) is 2. The number of allylic oxidation sites excluding steroid dienone is 2. The van der Waals surface area contributed by atoms with Crippen LogP contribution in [-0.2, 0) is 4.79 Å². The molecule has 0 spiro atoms. The molecule has 1 aromatic carbocycles. The number of piperazine rings is 1. The van der Waals surface area contributed by atoms with E-state index in [2.05, 4.69) is 16.5 Å². The third kappa shape index (κ3) is 5.79. The second-order valence-electron chi connectivity index (χ2n) is 8.89. The molecule has 0 bridgehead atoms. The molecule has 0 radical (unpaired) electrons. The molecule has 3 rings (SSSR count). The van der Waals surface area contributed by atoms with Crippen molar-refractivity contribution in [3.63, 3.8) is 0 Å². The summed E-state index contributed by atoms with van der Waals surface area (Å²) < 4.78 is 0. The summed E-state index contributed by atoms with van der Waals surface area (Å²) in [5.41, 5.74) is 1.60. The molecule has 2 N–H and O–H groups in total. The van der Waals surface area contributed by atoms with E-state index < -0.39 is 6.10 Å². The summed E-state index contributed by atoms with van der Waals surface area (Å²) in [6.45, 7) is 14.3. The standard InChI is InChI=1S/C26H34N4O3/c1-6-18(4)16-21-19(5)25(28-24(27-21)20-9-7-8-10-22(20)31)29-11-13-30(14-12-29)26(33)23(32)15-17(2)3/h6-10,16-17,23,31-32H,5,11-15H2,1-4H3/b18-6-,21-16+. The van der Waals surface area contributed by atoms with Crippen LogP contribution < -0.4 is 15.5 Å². The van der Waals surface area contributed by atoms with E-state index in [9.17, 15) is 15.0 Å². The van der Waals surface area contributed by atoms with Gasteiger partial charge in [-0.15, -0.1) is 0 Å². The van der Waals surface area contributed by atoms with Crippen molar-refractivity contribution in [1.82, 2.24) is 14.9 Å². The van der Waals surface area contributed by atoms with E-state index in [1.54, 1.807) is 23.1 Å². The average molecular weight is 451 g/mol. The molecule has 1 saturated heterocycles. The van der Waals surface area contributed by atoms with Crippen molar-refractivity contribution in [1.29, 1.82) is 0 Å². The van der Waals surface area contributed by atoms with Crippen LogP contribution in [0.4, 0.5) is 5.82 Å². The number of carbonyl (C=O) groups is 1. The van der Waals surface area contributed by atoms with Gasteiger partial charge < -0.3 is 20.0 Å². The zero-order valence-corrected chi connectivity index (χ0v) is 20.0. The maximum absolute atomic E-state index is 12.6. The number of aromatic hydroxyl groups is 1. The molecule has 1 aliphatic heterocycles. The number of amides is 1. The maximum Gasteiger partial charge on any atom is 0.251 e. The number of phenols is 1. The van der Waals surface area contributed by atoms with Gasteiger partial charge >= 0.3 is 0 Å². The number of rotatable bonds is 6. The lowest BCUT2D eigenvalue weighted by Crippen LogP contribution is -2.53. The molecule has 2 heterocycles. The highest BCUT2D eigenvalue weighted by Crippen LogP contribution is 2.25. The number of para-hydroxylation sites is 1. The quantitative estimate of drug-likeness (QED) is 0.700. The highest BCUT2D eigenvalue weighted by Gasteiger charge is 2.27. The van der Waals surface area contributed by atoms with E-state index in [-0.39, 0.29) is 17.6 Å². The van der Waals surface area contributed by atoms with Gasteiger partial charge in [-0.3, -0.25) is 4.79 Å². The summed E-state index contributed by atoms with van der Waals surface area (Å²) >= 11 is 0. The van der Waals surface area contributed by atoms with Crippen LogP contribution in [0.2, 0.25) is 0 Å². The van der Waals surface area contributed by atoms with Gasteiger partial charge in [-0.05, 0) is 44.4 Å². The van der Waals surface area contributed by atoms with Gasteiger partial charge in [0.05, 0.1) is 10.9 Å². The van der Waals surface area contributed by atoms with Crippen molar-refractivity contribution in [2.24, 2.45) is 5.92 Å². The molecule has 1 atom stereocenters. The molecule has 0 aliphatic carbocycles. The number of aromatic nitrogens is 2. The molecule has 1 aromatic heterocycles. The minimum Gasteiger partial charge on any atom is -0.507 e. The Morgan fingerprint density at radius 3 is 2.45 bits per heavy atom. The van der Waals surface area contributed by atoms with Gasteiger partial charge in [0.25, 0.3) is 5.91 Å². The van der Waals surface area contributed by atoms with Crippen molar-refractivity contribution in [3.8, 4) is 17.1 Å². The lowest BCUT2D eigenvalue weighted by molar-refractivity contribution is -0.141. The third-order valence-corrected chi connectivity index (χ3v) is 5.85. The number of hydrogen-bond acceptors (Lipinski definition) is 6. The Bertz CT molecular complexity index is 1130. The Morgan fingerprint density at radius 1 is 1.18 bits per heavy atom. The summed E-state index contributed by atoms with van der Waals surface area (Å²) in [6, 6.07) is 7.00. The smallest absolute Gasteiger partial charge is 0.251 e. The predicted molar refractivity (Wildman–Crippen MR) is 132 cm³/mol. The van der Waals surface area contributed by atoms with Gasteiger partial charge in [-0.1, -0.05) is 44.2 Å². The predicted octanol–water partition coefficient (Wildman–Crippen LogP) is 2.06. The van der Waals surface area contributed by atoms with E-state index in [4.69, 9.17) is 4.98 Å². The summed E-state index contributed by atoms with van der Waals surface area (Å²) in [6.07, 6.45) is 3.45. The van der Waals surface area contributed by atoms with Crippen molar-refractivity contribution in [2.45, 2.75) is 40.2 Å². The first-order chi connectivity index (χ1) is 15.7. The molecule has 1 unspecified atom stereocenters. The SMILES string of the molecule is C=c1c(N2CCN(C(=O)C(O)CC(C)C)CC2)nc(-c2ccccc2O)n/c1=C/C(C)=C\C. The average Bonchev–Trinajstić information content (AvgIpc) is 2.80. The Balaban J connectivity index is 1.93. The zero-order valence-electron chi connectivity index (χ0n) is 20.0. The second kappa shape index (κ2) is 10.6. The molecule has 1 amide bonds. The minimum absolute atomic E-state index is 0.114. The zero-order chi connectivity index (χ0) is 24.1. The molecule has 7 heteroatoms. The first kappa shape index (κ1) is 24.5. The fourth-order valence-electron chi connectivity index (χ4n) is 3.85. The topological polar surface area (TPSA) is 89.8 Å². The van der Waals surface area contributed by atoms with E-state index in [0.717, 1.165) is 5.57 Å². The maximum atomic E-state index is 12.6. The number of phenolic OH excluding ortho intramolecular Hbond substituents is 1. The van der Waals surface area contributed by atoms with Gasteiger partial charge in [0.2, 0.25) is 0 Å². The van der Waals surface area contributed by atoms with Crippen LogP contribution in [0, 0.1) is 5.92 Å². The lowest BCUT2D eigenvalue weighted by Gasteiger charge is -2.36. The highest BCUT2D eigenvalue weighted by molar-refractivity contribution is 5.81. The van der Waals surface area contributed by atoms with Crippen molar-refractivity contribution in [3.05, 3.63) is 46.5 Å². The Kier molecular flexibility index (Phi) is 7.87. The molecular weight excluding hydrogens is 416 g/mol. The Morgan fingerprint density at radius 2 is 1.85 bits per heavy atom. The van der Waals surface area contributed by atoms with Crippen LogP contribution in [0.15, 0.2) is 35.9 Å². The monoisotopic (exact) mass is 450 g/mol. The number of carbonyl (C=O) groups excluding carboxylic acids is 1. The summed E-state index contributed by atoms with van der Waals surface area (Å²) in [5.74, 6) is 1.27. The molecule has 33 heavy (non-hydrogen) atoms. The van der Waals surface area contributed by atoms with Gasteiger partial charge in [-0.2, -0.15) is 0 Å². The largest absolute Gasteiger partial charge is 0.507 e. The van der Waals surface area contributed by atoms with E-state index in [1.807, 2.05) is 45.9 Å². The first-order valence-corrected chi connectivity index (χ1v) is 11.4. The molecule has 1 fully saturated rings. The van der Waals surface area contributed by atoms with E-state index >= 15 is 0 Å². The number of aliphatic hydroxyl groups is 1. The Hall–Kier alpha value is -3.19. The van der Waals surface area contributed by atoms with E-state index in [1.165, 1.54) is 0 Å². The fourth-order valence-corrected chi connectivity index (χ4v) is 3.85. The van der Waals surface area contributed by atoms with Gasteiger partial charge in [0.15, 0.2) is 5.82 Å². The van der Waals surface area contributed by atoms with Gasteiger partial charge in [-0.25, -0.2) is 9.97 Å². The molecule has 7 nitrogen and oxygen atoms in total. The van der Waals surface area contributed by atoms with Gasteiger partial charge in [0.1, 0.15) is 17.7 Å². The molecule has 1 aliphatic rings. The van der Waals surface area contributed by atoms with Crippen LogP contribution in [0.3, 0.4) is 0 Å². The summed E-state index contributed by atoms with van der Waals surface area (Å²) in [4.78, 5) is 25.9. The van der Waals surface area contributed by atoms with Crippen LogP contribution in [0.25, 0.3) is 24.0 Å². The van der Waals surface area contributed by atoms with Crippen molar-refractivity contribution >= 4 is 24.4 Å².